The molecule has 0 unspecified atom stereocenters. The van der Waals surface area contributed by atoms with Crippen molar-refractivity contribution in [1.29, 1.82) is 0 Å². The average Bonchev–Trinajstić information content (AvgIpc) is 3.52. The van der Waals surface area contributed by atoms with Gasteiger partial charge in [-0.3, -0.25) is 29.8 Å². The fourth-order valence-corrected chi connectivity index (χ4v) is 7.87. The Morgan fingerprint density at radius 2 is 0.848 bits per heavy atom. The van der Waals surface area contributed by atoms with Crippen molar-refractivity contribution >= 4 is 47.0 Å². The second-order valence-electron chi connectivity index (χ2n) is 17.9. The van der Waals surface area contributed by atoms with Crippen molar-refractivity contribution in [2.24, 2.45) is 5.41 Å². The molecule has 6 aromatic carbocycles. The molecule has 0 aromatic heterocycles. The SMILES string of the molecule is O=C(C=Cc1ccc(OC(=O)c2ccc(OCCCC(F)(F)F)cc2)cc1)CC(Cc1ccc([N+](=O)[O-])cc1)(Cc1ccc([N+](=O)[O-])cc1)C(O)(O)C(=O)C=Cc1ccc(OC(=O)c2ccc(OCCCC(F)(F)F)cc2)cc1. The lowest BCUT2D eigenvalue weighted by Gasteiger charge is -2.42. The number of rotatable bonds is 26. The van der Waals surface area contributed by atoms with E-state index in [0.29, 0.717) is 11.1 Å². The maximum absolute atomic E-state index is 14.2. The van der Waals surface area contributed by atoms with Crippen LogP contribution in [0.2, 0.25) is 0 Å². The number of carbonyl (C=O) groups excluding carboxylic acids is 4. The van der Waals surface area contributed by atoms with E-state index >= 15 is 0 Å². The maximum atomic E-state index is 14.2. The first kappa shape index (κ1) is 59.2. The van der Waals surface area contributed by atoms with Gasteiger partial charge < -0.3 is 29.2 Å². The van der Waals surface area contributed by atoms with Crippen molar-refractivity contribution in [3.63, 3.8) is 0 Å². The largest absolute Gasteiger partial charge is 0.494 e. The minimum atomic E-state index is -4.31. The third-order valence-corrected chi connectivity index (χ3v) is 12.0. The van der Waals surface area contributed by atoms with Crippen molar-refractivity contribution in [3.05, 3.63) is 211 Å². The van der Waals surface area contributed by atoms with E-state index in [1.54, 1.807) is 0 Å². The highest BCUT2D eigenvalue weighted by Crippen LogP contribution is 2.43. The van der Waals surface area contributed by atoms with Gasteiger partial charge in [-0.25, -0.2) is 9.59 Å². The Hall–Kier alpha value is -9.02. The number of ketones is 2. The minimum Gasteiger partial charge on any atom is -0.494 e. The fraction of sp³-hybridized carbons (Fsp3) is 0.228. The summed E-state index contributed by atoms with van der Waals surface area (Å²) in [6.45, 7) is -0.374. The average molecular weight is 1100 g/mol. The molecule has 6 aromatic rings. The number of alkyl halides is 6. The number of ether oxygens (including phenoxy) is 4. The van der Waals surface area contributed by atoms with Crippen molar-refractivity contribution < 1.29 is 84.5 Å². The van der Waals surface area contributed by atoms with Gasteiger partial charge in [-0.15, -0.1) is 0 Å². The number of esters is 2. The van der Waals surface area contributed by atoms with Gasteiger partial charge in [0.25, 0.3) is 11.4 Å². The number of nitrogens with zero attached hydrogens (tertiary/aromatic N) is 2. The molecule has 0 amide bonds. The number of carbonyl (C=O) groups is 4. The molecule has 0 bridgehead atoms. The molecule has 0 atom stereocenters. The smallest absolute Gasteiger partial charge is 0.389 e. The zero-order chi connectivity index (χ0) is 57.4. The summed E-state index contributed by atoms with van der Waals surface area (Å²) in [5.74, 6) is -6.37. The summed E-state index contributed by atoms with van der Waals surface area (Å²) < 4.78 is 96.0. The Balaban J connectivity index is 1.19. The van der Waals surface area contributed by atoms with Gasteiger partial charge in [0.2, 0.25) is 11.6 Å². The molecule has 22 heteroatoms. The van der Waals surface area contributed by atoms with Crippen LogP contribution in [-0.4, -0.2) is 74.9 Å². The number of nitro groups is 2. The van der Waals surface area contributed by atoms with E-state index in [1.165, 1.54) is 133 Å². The van der Waals surface area contributed by atoms with Crippen molar-refractivity contribution in [3.8, 4) is 23.0 Å². The van der Waals surface area contributed by atoms with Gasteiger partial charge in [-0.05, 0) is 133 Å². The molecule has 0 aliphatic carbocycles. The van der Waals surface area contributed by atoms with E-state index in [1.807, 2.05) is 0 Å². The molecule has 0 saturated carbocycles. The van der Waals surface area contributed by atoms with E-state index in [4.69, 9.17) is 18.9 Å². The van der Waals surface area contributed by atoms with E-state index in [-0.39, 0.29) is 82.7 Å². The van der Waals surface area contributed by atoms with Crippen LogP contribution in [0.1, 0.15) is 75.1 Å². The maximum Gasteiger partial charge on any atom is 0.389 e. The van der Waals surface area contributed by atoms with Gasteiger partial charge >= 0.3 is 24.3 Å². The van der Waals surface area contributed by atoms with Crippen LogP contribution in [0.5, 0.6) is 23.0 Å². The Morgan fingerprint density at radius 3 is 1.20 bits per heavy atom. The Labute approximate surface area is 446 Å². The Bertz CT molecular complexity index is 3080. The van der Waals surface area contributed by atoms with Crippen LogP contribution in [0, 0.1) is 25.6 Å². The normalized spacial score (nSPS) is 12.1. The van der Waals surface area contributed by atoms with Crippen LogP contribution in [0.4, 0.5) is 37.7 Å². The molecule has 6 rings (SSSR count). The molecule has 412 valence electrons. The molecule has 0 saturated heterocycles. The van der Waals surface area contributed by atoms with E-state index < -0.39 is 89.0 Å². The number of aliphatic hydroxyl groups is 2. The van der Waals surface area contributed by atoms with Crippen LogP contribution in [0.3, 0.4) is 0 Å². The molecule has 0 radical (unpaired) electrons. The van der Waals surface area contributed by atoms with Gasteiger partial charge in [0.15, 0.2) is 5.78 Å². The lowest BCUT2D eigenvalue weighted by atomic mass is 9.65. The number of non-ortho nitro benzene ring substituents is 2. The molecule has 0 aliphatic heterocycles. The van der Waals surface area contributed by atoms with Gasteiger partial charge in [0.05, 0.1) is 34.2 Å². The highest BCUT2D eigenvalue weighted by molar-refractivity contribution is 6.01. The third kappa shape index (κ3) is 18.0. The molecule has 0 fully saturated rings. The van der Waals surface area contributed by atoms with Gasteiger partial charge in [-0.1, -0.05) is 60.7 Å². The molecule has 2 N–H and O–H groups in total. The third-order valence-electron chi connectivity index (χ3n) is 12.0. The fourth-order valence-electron chi connectivity index (χ4n) is 7.87. The highest BCUT2D eigenvalue weighted by atomic mass is 19.4. The molecule has 79 heavy (non-hydrogen) atoms. The van der Waals surface area contributed by atoms with Gasteiger partial charge in [0.1, 0.15) is 23.0 Å². The van der Waals surface area contributed by atoms with Gasteiger partial charge in [0, 0.05) is 48.9 Å². The first-order valence-corrected chi connectivity index (χ1v) is 24.0. The van der Waals surface area contributed by atoms with E-state index in [9.17, 15) is 76.0 Å². The van der Waals surface area contributed by atoms with Gasteiger partial charge in [-0.2, -0.15) is 26.3 Å². The summed E-state index contributed by atoms with van der Waals surface area (Å²) in [5, 5.41) is 47.5. The molecular formula is C57H48F6N2O14. The molecule has 0 heterocycles. The predicted molar refractivity (Wildman–Crippen MR) is 273 cm³/mol. The van der Waals surface area contributed by atoms with Crippen LogP contribution in [0.15, 0.2) is 158 Å². The number of hydrogen-bond donors (Lipinski definition) is 2. The molecule has 0 aliphatic rings. The number of benzene rings is 6. The highest BCUT2D eigenvalue weighted by Gasteiger charge is 2.54. The minimum absolute atomic E-state index is 0.0630. The zero-order valence-corrected chi connectivity index (χ0v) is 41.5. The van der Waals surface area contributed by atoms with Crippen LogP contribution in [-0.2, 0) is 22.4 Å². The van der Waals surface area contributed by atoms with E-state index in [0.717, 1.165) is 36.4 Å². The summed E-state index contributed by atoms with van der Waals surface area (Å²) in [4.78, 5) is 75.8. The number of halogens is 6. The molecule has 16 nitrogen and oxygen atoms in total. The predicted octanol–water partition coefficient (Wildman–Crippen LogP) is 11.8. The van der Waals surface area contributed by atoms with Crippen molar-refractivity contribution in [2.75, 3.05) is 13.2 Å². The first-order valence-electron chi connectivity index (χ1n) is 24.0. The quantitative estimate of drug-likeness (QED) is 0.00752. The van der Waals surface area contributed by atoms with Crippen LogP contribution >= 0.6 is 0 Å². The summed E-state index contributed by atoms with van der Waals surface area (Å²) in [6.07, 6.45) is -8.31. The second kappa shape index (κ2) is 26.4. The zero-order valence-electron chi connectivity index (χ0n) is 41.5. The second-order valence-corrected chi connectivity index (χ2v) is 17.9. The van der Waals surface area contributed by atoms with Crippen LogP contribution < -0.4 is 18.9 Å². The number of allylic oxidation sites excluding steroid dienone is 1. The van der Waals surface area contributed by atoms with Crippen molar-refractivity contribution in [1.82, 2.24) is 0 Å². The number of nitro benzene ring substituents is 2. The lowest BCUT2D eigenvalue weighted by Crippen LogP contribution is -2.57. The summed E-state index contributed by atoms with van der Waals surface area (Å²) >= 11 is 0. The summed E-state index contributed by atoms with van der Waals surface area (Å²) in [6, 6.07) is 32.3. The number of hydrogen-bond acceptors (Lipinski definition) is 14. The van der Waals surface area contributed by atoms with E-state index in [2.05, 4.69) is 0 Å². The standard InChI is InChI=1S/C57H48F6N2O14/c58-55(59,60)31-1-33-76-47-26-13-42(14-27-47)52(68)78-49-22-8-38(9-23-49)7-21-46(66)37-54(35-40-3-17-44(18-4-40)64(72)73,36-41-5-19-45(20-6-41)65(74)75)57(70,71)51(67)30-12-39-10-24-50(25-11-39)79-53(69)43-15-28-48(29-16-43)77-34-2-32-56(61,62)63/h3-30,70-71H,1-2,31-37H2. The topological polar surface area (TPSA) is 232 Å². The Morgan fingerprint density at radius 1 is 0.494 bits per heavy atom. The monoisotopic (exact) mass is 1100 g/mol. The lowest BCUT2D eigenvalue weighted by molar-refractivity contribution is -0.385. The Kier molecular flexibility index (Phi) is 19.8. The van der Waals surface area contributed by atoms with Crippen LogP contribution in [0.25, 0.3) is 12.2 Å². The summed E-state index contributed by atoms with van der Waals surface area (Å²) in [7, 11) is 0. The van der Waals surface area contributed by atoms with Crippen molar-refractivity contribution in [2.45, 2.75) is 63.1 Å². The molecular weight excluding hydrogens is 1050 g/mol. The molecule has 0 spiro atoms. The first-order chi connectivity index (χ1) is 37.4. The summed E-state index contributed by atoms with van der Waals surface area (Å²) in [5.41, 5.74) is -1.45.